The van der Waals surface area contributed by atoms with Gasteiger partial charge in [-0.1, -0.05) is 6.07 Å². The molecule has 0 amide bonds. The molecule has 0 unspecified atom stereocenters. The highest BCUT2D eigenvalue weighted by atomic mass is 16.6. The first kappa shape index (κ1) is 14.1. The Balaban J connectivity index is 1.91. The van der Waals surface area contributed by atoms with Crippen molar-refractivity contribution in [1.82, 2.24) is 0 Å². The Morgan fingerprint density at radius 1 is 1.48 bits per heavy atom. The van der Waals surface area contributed by atoms with Crippen LogP contribution in [0.5, 0.6) is 5.75 Å². The Kier molecular flexibility index (Phi) is 3.71. The molecule has 1 aromatic rings. The molecule has 2 fully saturated rings. The molecule has 114 valence electrons. The Hall–Kier alpha value is -1.82. The van der Waals surface area contributed by atoms with Crippen LogP contribution >= 0.6 is 0 Å². The zero-order chi connectivity index (χ0) is 14.9. The lowest BCUT2D eigenvalue weighted by Crippen LogP contribution is -2.27. The molecule has 6 heteroatoms. The molecule has 0 radical (unpaired) electrons. The third-order valence-electron chi connectivity index (χ3n) is 4.42. The molecule has 3 rings (SSSR count). The summed E-state index contributed by atoms with van der Waals surface area (Å²) in [6, 6.07) is 5.30. The van der Waals surface area contributed by atoms with Crippen molar-refractivity contribution < 1.29 is 14.4 Å². The van der Waals surface area contributed by atoms with Crippen molar-refractivity contribution in [1.29, 1.82) is 0 Å². The van der Waals surface area contributed by atoms with E-state index in [0.717, 1.165) is 39.1 Å². The first-order chi connectivity index (χ1) is 10.2. The van der Waals surface area contributed by atoms with Crippen LogP contribution in [0.4, 0.5) is 11.4 Å². The van der Waals surface area contributed by atoms with Gasteiger partial charge in [0.1, 0.15) is 5.69 Å². The van der Waals surface area contributed by atoms with Crippen LogP contribution in [0.2, 0.25) is 0 Å². The molecular formula is C15H20N2O4. The summed E-state index contributed by atoms with van der Waals surface area (Å²) in [6.07, 6.45) is 2.07. The number of nitro benzene ring substituents is 1. The fourth-order valence-electron chi connectivity index (χ4n) is 3.33. The van der Waals surface area contributed by atoms with Gasteiger partial charge in [-0.05, 0) is 31.9 Å². The molecule has 2 aliphatic heterocycles. The summed E-state index contributed by atoms with van der Waals surface area (Å²) < 4.78 is 10.9. The molecule has 1 atom stereocenters. The summed E-state index contributed by atoms with van der Waals surface area (Å²) in [5.74, 6) is 0.351. The van der Waals surface area contributed by atoms with E-state index in [4.69, 9.17) is 9.47 Å². The smallest absolute Gasteiger partial charge is 0.333 e. The van der Waals surface area contributed by atoms with Crippen LogP contribution in [0.25, 0.3) is 0 Å². The average Bonchev–Trinajstić information content (AvgIpc) is 3.09. The SMILES string of the molecule is CCOc1cccc(N2CC[C@@]3(CCOC3)C2)c1[N+](=O)[O-]. The van der Waals surface area contributed by atoms with Gasteiger partial charge in [-0.15, -0.1) is 0 Å². The number of hydrogen-bond acceptors (Lipinski definition) is 5. The van der Waals surface area contributed by atoms with Gasteiger partial charge < -0.3 is 14.4 Å². The zero-order valence-corrected chi connectivity index (χ0v) is 12.2. The van der Waals surface area contributed by atoms with Gasteiger partial charge in [0.05, 0.1) is 18.1 Å². The van der Waals surface area contributed by atoms with Crippen LogP contribution in [0.1, 0.15) is 19.8 Å². The number of benzene rings is 1. The second-order valence-corrected chi connectivity index (χ2v) is 5.79. The molecule has 2 aliphatic rings. The van der Waals surface area contributed by atoms with Gasteiger partial charge >= 0.3 is 5.69 Å². The number of hydrogen-bond donors (Lipinski definition) is 0. The second-order valence-electron chi connectivity index (χ2n) is 5.79. The lowest BCUT2D eigenvalue weighted by atomic mass is 9.87. The lowest BCUT2D eigenvalue weighted by molar-refractivity contribution is -0.385. The van der Waals surface area contributed by atoms with Gasteiger partial charge in [0.25, 0.3) is 0 Å². The second kappa shape index (κ2) is 5.52. The molecule has 0 aromatic heterocycles. The van der Waals surface area contributed by atoms with E-state index in [0.29, 0.717) is 18.0 Å². The van der Waals surface area contributed by atoms with E-state index in [1.165, 1.54) is 0 Å². The van der Waals surface area contributed by atoms with Crippen LogP contribution in [0, 0.1) is 15.5 Å². The van der Waals surface area contributed by atoms with Crippen molar-refractivity contribution in [3.05, 3.63) is 28.3 Å². The monoisotopic (exact) mass is 292 g/mol. The number of nitrogens with zero attached hydrogens (tertiary/aromatic N) is 2. The fourth-order valence-corrected chi connectivity index (χ4v) is 3.33. The molecule has 0 aliphatic carbocycles. The summed E-state index contributed by atoms with van der Waals surface area (Å²) in [6.45, 7) is 5.47. The van der Waals surface area contributed by atoms with Crippen molar-refractivity contribution in [2.24, 2.45) is 5.41 Å². The van der Waals surface area contributed by atoms with E-state index >= 15 is 0 Å². The van der Waals surface area contributed by atoms with Gasteiger partial charge in [-0.25, -0.2) is 0 Å². The highest BCUT2D eigenvalue weighted by Gasteiger charge is 2.43. The summed E-state index contributed by atoms with van der Waals surface area (Å²) >= 11 is 0. The summed E-state index contributed by atoms with van der Waals surface area (Å²) in [7, 11) is 0. The molecule has 2 saturated heterocycles. The zero-order valence-electron chi connectivity index (χ0n) is 12.2. The quantitative estimate of drug-likeness (QED) is 0.630. The average molecular weight is 292 g/mol. The largest absolute Gasteiger partial charge is 0.487 e. The minimum Gasteiger partial charge on any atom is -0.487 e. The molecule has 0 bridgehead atoms. The van der Waals surface area contributed by atoms with Crippen molar-refractivity contribution >= 4 is 11.4 Å². The van der Waals surface area contributed by atoms with Crippen molar-refractivity contribution in [3.63, 3.8) is 0 Å². The van der Waals surface area contributed by atoms with Crippen LogP contribution in [-0.2, 0) is 4.74 Å². The maximum Gasteiger partial charge on any atom is 0.333 e. The molecule has 1 aromatic carbocycles. The Morgan fingerprint density at radius 2 is 2.33 bits per heavy atom. The Bertz CT molecular complexity index is 540. The predicted molar refractivity (Wildman–Crippen MR) is 79.0 cm³/mol. The van der Waals surface area contributed by atoms with Crippen LogP contribution in [-0.4, -0.2) is 37.8 Å². The van der Waals surface area contributed by atoms with Gasteiger partial charge in [0.2, 0.25) is 0 Å². The highest BCUT2D eigenvalue weighted by Crippen LogP contribution is 2.44. The minimum absolute atomic E-state index is 0.0790. The predicted octanol–water partition coefficient (Wildman–Crippen LogP) is 2.61. The van der Waals surface area contributed by atoms with Crippen LogP contribution in [0.15, 0.2) is 18.2 Å². The summed E-state index contributed by atoms with van der Waals surface area (Å²) in [4.78, 5) is 13.2. The molecule has 21 heavy (non-hydrogen) atoms. The molecule has 6 nitrogen and oxygen atoms in total. The van der Waals surface area contributed by atoms with Gasteiger partial charge in [-0.3, -0.25) is 10.1 Å². The maximum absolute atomic E-state index is 11.5. The van der Waals surface area contributed by atoms with Crippen molar-refractivity contribution in [3.8, 4) is 5.75 Å². The number of rotatable bonds is 4. The third kappa shape index (κ3) is 2.55. The van der Waals surface area contributed by atoms with E-state index in [1.54, 1.807) is 6.07 Å². The normalized spacial score (nSPS) is 24.7. The topological polar surface area (TPSA) is 64.8 Å². The molecule has 0 N–H and O–H groups in total. The number of ether oxygens (including phenoxy) is 2. The molecular weight excluding hydrogens is 272 g/mol. The van der Waals surface area contributed by atoms with E-state index in [-0.39, 0.29) is 16.0 Å². The number of para-hydroxylation sites is 1. The van der Waals surface area contributed by atoms with E-state index in [9.17, 15) is 10.1 Å². The van der Waals surface area contributed by atoms with Gasteiger partial charge in [0.15, 0.2) is 5.75 Å². The first-order valence-corrected chi connectivity index (χ1v) is 7.38. The van der Waals surface area contributed by atoms with Gasteiger partial charge in [0, 0.05) is 25.1 Å². The maximum atomic E-state index is 11.5. The Labute approximate surface area is 123 Å². The number of anilines is 1. The Morgan fingerprint density at radius 3 is 3.00 bits per heavy atom. The highest BCUT2D eigenvalue weighted by molar-refractivity contribution is 5.70. The van der Waals surface area contributed by atoms with Crippen molar-refractivity contribution in [2.75, 3.05) is 37.8 Å². The molecule has 1 spiro atoms. The minimum atomic E-state index is -0.337. The number of nitro groups is 1. The standard InChI is InChI=1S/C15H20N2O4/c1-2-21-13-5-3-4-12(14(13)17(18)19)16-8-6-15(10-16)7-9-20-11-15/h3-5H,2,6-11H2,1H3/t15-/m1/s1. The van der Waals surface area contributed by atoms with E-state index in [1.807, 2.05) is 19.1 Å². The van der Waals surface area contributed by atoms with E-state index < -0.39 is 0 Å². The summed E-state index contributed by atoms with van der Waals surface area (Å²) in [5, 5.41) is 11.5. The molecule has 0 saturated carbocycles. The molecule has 2 heterocycles. The van der Waals surface area contributed by atoms with E-state index in [2.05, 4.69) is 4.90 Å². The van der Waals surface area contributed by atoms with Crippen LogP contribution < -0.4 is 9.64 Å². The lowest BCUT2D eigenvalue weighted by Gasteiger charge is -2.23. The third-order valence-corrected chi connectivity index (χ3v) is 4.42. The van der Waals surface area contributed by atoms with Gasteiger partial charge in [-0.2, -0.15) is 0 Å². The van der Waals surface area contributed by atoms with Crippen molar-refractivity contribution in [2.45, 2.75) is 19.8 Å². The first-order valence-electron chi connectivity index (χ1n) is 7.38. The summed E-state index contributed by atoms with van der Waals surface area (Å²) in [5.41, 5.74) is 0.917. The van der Waals surface area contributed by atoms with Crippen LogP contribution in [0.3, 0.4) is 0 Å². The fraction of sp³-hybridized carbons (Fsp3) is 0.600.